The molecule has 0 amide bonds. The molecule has 0 aliphatic heterocycles. The summed E-state index contributed by atoms with van der Waals surface area (Å²) in [6.07, 6.45) is 17.6. The molecule has 550 valence electrons. The predicted molar refractivity (Wildman–Crippen MR) is 486 cm³/mol. The fraction of sp³-hybridized carbons (Fsp3) is 0.0928. The molecule has 0 bridgehead atoms. The number of hydrogen-bond acceptors (Lipinski definition) is 3. The van der Waals surface area contributed by atoms with Crippen molar-refractivity contribution in [1.82, 2.24) is 0 Å². The standard InChI is InChI=1S/C24H19S2.C22H17S.C19H15Cl2OS.C13H13S.C8H10OS.C8H11S.C3H9S/c1-4-10-20(11-5-1)25-21-16-18-24(19-17-21)26(22-12-6-2-7-13-22)23-14-8-3-9-15-23;1-3-12-19(13-4-1)23(20-14-5-2-6-15-20)22-17-9-11-18-10-7-8-16-21(18)22;1-22-16-6-12-19(13-7-16)23(17-8-2-14(20)3-9-17)18-10-4-15(21)5-11-18;1-14(12-8-4-2-5-9-12)13-10-6-3-7-11-13;1-10(2)8-5-3-7(9)4-6-8;1-9(2)8-6-4-3-5-7-8;1-4(2)3/h1-19H;1-17H;2-13H,1H3;2-11H,1H3;3-6H,1-2H3;3-7H,1-2H3;1-3H3/q4*+1;;2*+1/p+1. The molecule has 109 heavy (non-hydrogen) atoms. The number of phenols is 1. The first kappa shape index (κ1) is 84.6. The molecule has 0 saturated carbocycles. The molecule has 0 aromatic heterocycles. The molecule has 0 atom stereocenters. The van der Waals surface area contributed by atoms with Gasteiger partial charge in [0.25, 0.3) is 0 Å². The van der Waals surface area contributed by atoms with Crippen LogP contribution < -0.4 is 4.74 Å². The van der Waals surface area contributed by atoms with Gasteiger partial charge in [0.15, 0.2) is 63.6 Å². The van der Waals surface area contributed by atoms with E-state index < -0.39 is 0 Å². The van der Waals surface area contributed by atoms with Crippen LogP contribution in [-0.2, 0) is 76.3 Å². The lowest BCUT2D eigenvalue weighted by Crippen LogP contribution is -2.05. The third kappa shape index (κ3) is 27.8. The third-order valence-corrected chi connectivity index (χ3v) is 28.7. The van der Waals surface area contributed by atoms with Crippen LogP contribution in [0, 0.1) is 0 Å². The minimum atomic E-state index is -0.214. The molecule has 0 heterocycles. The zero-order valence-electron chi connectivity index (χ0n) is 63.1. The van der Waals surface area contributed by atoms with E-state index >= 15 is 0 Å². The average Bonchev–Trinajstić information content (AvgIpc) is 0.797. The summed E-state index contributed by atoms with van der Waals surface area (Å²) in [5, 5.41) is 13.1. The van der Waals surface area contributed by atoms with Crippen LogP contribution >= 0.6 is 35.0 Å². The fourth-order valence-corrected chi connectivity index (χ4v) is 21.0. The van der Waals surface area contributed by atoms with E-state index in [1.165, 1.54) is 84.2 Å². The highest BCUT2D eigenvalue weighted by molar-refractivity contribution is 7.99. The van der Waals surface area contributed by atoms with Crippen LogP contribution in [-0.4, -0.2) is 62.3 Å². The first-order valence-electron chi connectivity index (χ1n) is 35.3. The van der Waals surface area contributed by atoms with Crippen molar-refractivity contribution < 1.29 is 9.84 Å². The quantitative estimate of drug-likeness (QED) is 0.0978. The Morgan fingerprint density at radius 3 is 0.881 bits per heavy atom. The van der Waals surface area contributed by atoms with Crippen molar-refractivity contribution in [3.05, 3.63) is 416 Å². The molecule has 0 fully saturated rings. The summed E-state index contributed by atoms with van der Waals surface area (Å²) < 4.78 is 5.26. The zero-order valence-corrected chi connectivity index (χ0v) is 71.1. The minimum absolute atomic E-state index is 0.0786. The third-order valence-electron chi connectivity index (χ3n) is 16.0. The minimum Gasteiger partial charge on any atom is -0.508 e. The van der Waals surface area contributed by atoms with E-state index in [0.29, 0.717) is 38.4 Å². The van der Waals surface area contributed by atoms with Crippen LogP contribution in [0.5, 0.6) is 11.5 Å². The van der Waals surface area contributed by atoms with Crippen LogP contribution in [0.3, 0.4) is 0 Å². The van der Waals surface area contributed by atoms with Gasteiger partial charge in [0, 0.05) is 47.0 Å². The van der Waals surface area contributed by atoms with E-state index in [9.17, 15) is 0 Å². The highest BCUT2D eigenvalue weighted by atomic mass is 35.5. The Bertz CT molecular complexity index is 4800. The summed E-state index contributed by atoms with van der Waals surface area (Å²) in [4.78, 5) is 19.9. The lowest BCUT2D eigenvalue weighted by atomic mass is 10.1. The van der Waals surface area contributed by atoms with Crippen molar-refractivity contribution in [1.29, 1.82) is 0 Å². The number of phenolic OH excluding ortho intramolecular Hbond substituents is 1. The molecule has 15 aromatic rings. The lowest BCUT2D eigenvalue weighted by molar-refractivity contribution is 0.414. The van der Waals surface area contributed by atoms with Crippen LogP contribution in [0.1, 0.15) is 0 Å². The van der Waals surface area contributed by atoms with E-state index in [1.54, 1.807) is 31.0 Å². The molecule has 0 aliphatic rings. The smallest absolute Gasteiger partial charge is 0.174 e. The molecule has 0 radical (unpaired) electrons. The van der Waals surface area contributed by atoms with Crippen LogP contribution in [0.25, 0.3) is 10.8 Å². The van der Waals surface area contributed by atoms with Crippen molar-refractivity contribution in [3.63, 3.8) is 0 Å². The van der Waals surface area contributed by atoms with Gasteiger partial charge in [0.2, 0.25) is 0 Å². The van der Waals surface area contributed by atoms with Crippen molar-refractivity contribution in [2.75, 3.05) is 57.2 Å². The largest absolute Gasteiger partial charge is 0.508 e. The Morgan fingerprint density at radius 1 is 0.257 bits per heavy atom. The second-order valence-electron chi connectivity index (χ2n) is 24.9. The van der Waals surface area contributed by atoms with Crippen LogP contribution in [0.4, 0.5) is 0 Å². The van der Waals surface area contributed by atoms with E-state index in [1.807, 2.05) is 48.5 Å². The summed E-state index contributed by atoms with van der Waals surface area (Å²) in [5.74, 6) is 1.19. The number of hydrogen-bond donors (Lipinski definition) is 1. The first-order chi connectivity index (χ1) is 53.1. The molecular weight excluding hydrogens is 1520 g/mol. The van der Waals surface area contributed by atoms with E-state index in [2.05, 4.69) is 396 Å². The lowest BCUT2D eigenvalue weighted by Gasteiger charge is -2.10. The van der Waals surface area contributed by atoms with E-state index in [0.717, 1.165) is 15.8 Å². The van der Waals surface area contributed by atoms with E-state index in [-0.39, 0.29) is 43.6 Å². The van der Waals surface area contributed by atoms with Gasteiger partial charge in [-0.15, -0.1) is 0 Å². The maximum Gasteiger partial charge on any atom is 0.174 e. The normalized spacial score (nSPS) is 10.6. The molecule has 2 nitrogen and oxygen atoms in total. The van der Waals surface area contributed by atoms with Gasteiger partial charge in [-0.05, 0) is 247 Å². The molecular formula is C97H95Cl2O2S8+7. The summed E-state index contributed by atoms with van der Waals surface area (Å²) in [5.41, 5.74) is 0. The summed E-state index contributed by atoms with van der Waals surface area (Å²) in [6.45, 7) is 0. The van der Waals surface area contributed by atoms with Crippen molar-refractivity contribution in [3.8, 4) is 11.5 Å². The van der Waals surface area contributed by atoms with Gasteiger partial charge in [-0.3, -0.25) is 0 Å². The van der Waals surface area contributed by atoms with Gasteiger partial charge in [-0.25, -0.2) is 0 Å². The second-order valence-corrected chi connectivity index (χ2v) is 41.6. The van der Waals surface area contributed by atoms with Gasteiger partial charge in [0.1, 0.15) is 42.8 Å². The Kier molecular flexibility index (Phi) is 35.9. The number of benzene rings is 15. The maximum absolute atomic E-state index is 8.94. The van der Waals surface area contributed by atoms with Crippen LogP contribution in [0.2, 0.25) is 10.0 Å². The molecule has 15 rings (SSSR count). The van der Waals surface area contributed by atoms with Gasteiger partial charge in [-0.2, -0.15) is 0 Å². The number of fused-ring (bicyclic) bond motifs is 1. The van der Waals surface area contributed by atoms with E-state index in [4.69, 9.17) is 33.0 Å². The topological polar surface area (TPSA) is 29.5 Å². The summed E-state index contributed by atoms with van der Waals surface area (Å²) in [6, 6.07) is 141. The highest BCUT2D eigenvalue weighted by Crippen LogP contribution is 2.38. The SMILES string of the molecule is COc1ccc([S+](c2ccc(Cl)cc2)c2ccc(Cl)cc2)cc1.C[S+](C)C.C[S+](C)c1ccc(O)cc1.C[S+](C)c1ccccc1.C[S+](c1ccccc1)c1ccccc1.c1ccc(Sc2ccc([S+](c3ccccc3)c3ccccc3)cc2)cc1.c1ccc([S+](c2ccccc2)c2cccc3ccccc23)cc1. The number of ether oxygens (including phenoxy) is 1. The number of halogens is 2. The molecule has 0 aliphatic carbocycles. The second kappa shape index (κ2) is 46.3. The number of aromatic hydroxyl groups is 1. The molecule has 12 heteroatoms. The monoisotopic (exact) mass is 1620 g/mol. The van der Waals surface area contributed by atoms with Crippen LogP contribution in [0.15, 0.2) is 480 Å². The molecule has 0 unspecified atom stereocenters. The summed E-state index contributed by atoms with van der Waals surface area (Å²) >= 11 is 13.9. The number of methoxy groups -OCH3 is 1. The zero-order chi connectivity index (χ0) is 77.0. The Labute approximate surface area is 683 Å². The molecule has 0 saturated heterocycles. The first-order valence-corrected chi connectivity index (χ1v) is 48.7. The van der Waals surface area contributed by atoms with Gasteiger partial charge in [-0.1, -0.05) is 211 Å². The fourth-order valence-electron chi connectivity index (χ4n) is 10.7. The Hall–Kier alpha value is -8.46. The highest BCUT2D eigenvalue weighted by Gasteiger charge is 2.32. The Balaban J connectivity index is 0.000000154. The van der Waals surface area contributed by atoms with Gasteiger partial charge < -0.3 is 9.84 Å². The molecule has 15 aromatic carbocycles. The molecule has 0 spiro atoms. The average molecular weight is 1620 g/mol. The predicted octanol–water partition coefficient (Wildman–Crippen LogP) is 26.4. The van der Waals surface area contributed by atoms with Crippen molar-refractivity contribution in [2.24, 2.45) is 0 Å². The van der Waals surface area contributed by atoms with Crippen molar-refractivity contribution >= 4 is 122 Å². The molecule has 1 N–H and O–H groups in total. The van der Waals surface area contributed by atoms with Gasteiger partial charge >= 0.3 is 0 Å². The summed E-state index contributed by atoms with van der Waals surface area (Å²) in [7, 11) is 2.86. The van der Waals surface area contributed by atoms with Crippen molar-refractivity contribution in [2.45, 2.75) is 73.4 Å². The maximum atomic E-state index is 8.94. The Morgan fingerprint density at radius 2 is 0.523 bits per heavy atom. The van der Waals surface area contributed by atoms with Gasteiger partial charge in [0.05, 0.1) is 69.5 Å². The number of rotatable bonds is 16.